The fraction of sp³-hybridized carbons (Fsp3) is 0.650. The Morgan fingerprint density at radius 3 is 2.12 bits per heavy atom. The van der Waals surface area contributed by atoms with Crippen LogP contribution in [0.4, 0.5) is 0 Å². The smallest absolute Gasteiger partial charge is 0.298 e. The Morgan fingerprint density at radius 2 is 1.62 bits per heavy atom. The largest absolute Gasteiger partial charge is 0.421 e. The molecule has 0 amide bonds. The van der Waals surface area contributed by atoms with Crippen LogP contribution in [0, 0.1) is 12.8 Å². The third kappa shape index (κ3) is 5.11. The number of carbonyl (C=O) groups is 1. The molecule has 6 heteroatoms. The minimum Gasteiger partial charge on any atom is -0.298 e. The fourth-order valence-corrected chi connectivity index (χ4v) is 8.03. The van der Waals surface area contributed by atoms with Crippen LogP contribution in [0.3, 0.4) is 0 Å². The Kier molecular flexibility index (Phi) is 6.62. The summed E-state index contributed by atoms with van der Waals surface area (Å²) >= 11 is 0. The van der Waals surface area contributed by atoms with Gasteiger partial charge in [-0.25, -0.2) is 0 Å². The Labute approximate surface area is 160 Å². The van der Waals surface area contributed by atoms with Gasteiger partial charge in [-0.15, -0.1) is 8.42 Å². The van der Waals surface area contributed by atoms with Crippen molar-refractivity contribution in [2.75, 3.05) is 12.0 Å². The summed E-state index contributed by atoms with van der Waals surface area (Å²) in [6, 6.07) is 6.75. The van der Waals surface area contributed by atoms with E-state index in [9.17, 15) is 13.2 Å². The van der Waals surface area contributed by atoms with Gasteiger partial charge in [-0.05, 0) is 63.0 Å². The zero-order valence-electron chi connectivity index (χ0n) is 16.6. The van der Waals surface area contributed by atoms with Crippen LogP contribution in [0.25, 0.3) is 0 Å². The summed E-state index contributed by atoms with van der Waals surface area (Å²) in [5.41, 5.74) is 1.00. The fourth-order valence-electron chi connectivity index (χ4n) is 3.14. The molecular formula is C20H33O4S2+. The van der Waals surface area contributed by atoms with Gasteiger partial charge in [0, 0.05) is 12.2 Å². The second-order valence-corrected chi connectivity index (χ2v) is 14.1. The van der Waals surface area contributed by atoms with Crippen molar-refractivity contribution < 1.29 is 16.8 Å². The number of benzene rings is 1. The molecule has 1 N–H and O–H groups in total. The topological polar surface area (TPSA) is 64.0 Å². The van der Waals surface area contributed by atoms with Crippen molar-refractivity contribution in [2.24, 2.45) is 5.92 Å². The molecule has 0 aromatic heterocycles. The second kappa shape index (κ2) is 8.03. The first-order chi connectivity index (χ1) is 11.9. The molecule has 1 aromatic rings. The van der Waals surface area contributed by atoms with Gasteiger partial charge < -0.3 is 0 Å². The third-order valence-corrected chi connectivity index (χ3v) is 11.8. The normalized spacial score (nSPS) is 20.3. The highest BCUT2D eigenvalue weighted by molar-refractivity contribution is 8.33. The van der Waals surface area contributed by atoms with Crippen molar-refractivity contribution in [3.8, 4) is 0 Å². The Hall–Kier alpha value is -0.850. The molecule has 1 unspecified atom stereocenters. The van der Waals surface area contributed by atoms with Crippen molar-refractivity contribution in [1.82, 2.24) is 0 Å². The van der Waals surface area contributed by atoms with Gasteiger partial charge in [-0.1, -0.05) is 37.0 Å². The van der Waals surface area contributed by atoms with Crippen molar-refractivity contribution in [3.63, 3.8) is 0 Å². The van der Waals surface area contributed by atoms with Crippen molar-refractivity contribution in [1.29, 1.82) is 0 Å². The zero-order chi connectivity index (χ0) is 19.6. The van der Waals surface area contributed by atoms with Gasteiger partial charge in [0.05, 0.1) is 10.5 Å². The molecule has 1 aliphatic carbocycles. The summed E-state index contributed by atoms with van der Waals surface area (Å²) < 4.78 is 29.8. The molecule has 1 fully saturated rings. The van der Waals surface area contributed by atoms with Gasteiger partial charge in [0.1, 0.15) is 4.90 Å². The van der Waals surface area contributed by atoms with E-state index in [2.05, 4.69) is 3.63 Å². The van der Waals surface area contributed by atoms with E-state index in [-0.39, 0.29) is 27.1 Å². The molecule has 0 spiro atoms. The van der Waals surface area contributed by atoms with Crippen LogP contribution in [-0.4, -0.2) is 34.6 Å². The summed E-state index contributed by atoms with van der Waals surface area (Å²) in [6.07, 6.45) is 7.14. The van der Waals surface area contributed by atoms with E-state index in [0.29, 0.717) is 0 Å². The molecule has 0 radical (unpaired) electrons. The van der Waals surface area contributed by atoms with Gasteiger partial charge in [-0.3, -0.25) is 8.42 Å². The lowest BCUT2D eigenvalue weighted by Crippen LogP contribution is -2.37. The van der Waals surface area contributed by atoms with Crippen molar-refractivity contribution >= 4 is 26.2 Å². The van der Waals surface area contributed by atoms with Crippen molar-refractivity contribution in [2.45, 2.75) is 69.4 Å². The van der Waals surface area contributed by atoms with Gasteiger partial charge >= 0.3 is 10.1 Å². The van der Waals surface area contributed by atoms with E-state index >= 15 is 0 Å². The standard InChI is InChI=1S/C20H32O4S2/c1-16-11-13-18(14-12-16)26(22,23)24-25(5,20(2,3)4)15-19(21)17-9-7-6-8-10-17/h11-14,17H,6-10,15H2,1-5H3/p+1. The number of carbonyl (C=O) groups excluding carboxylic acids is 1. The predicted molar refractivity (Wildman–Crippen MR) is 111 cm³/mol. The molecule has 0 saturated heterocycles. The van der Waals surface area contributed by atoms with E-state index in [0.717, 1.165) is 31.2 Å². The maximum atomic E-state index is 12.9. The van der Waals surface area contributed by atoms with Crippen LogP contribution in [0.2, 0.25) is 0 Å². The highest BCUT2D eigenvalue weighted by Crippen LogP contribution is 2.57. The summed E-state index contributed by atoms with van der Waals surface area (Å²) in [7, 11) is -5.82. The predicted octanol–water partition coefficient (Wildman–Crippen LogP) is 5.07. The Bertz CT molecular complexity index is 726. The van der Waals surface area contributed by atoms with Crippen LogP contribution < -0.4 is 0 Å². The van der Waals surface area contributed by atoms with Crippen LogP contribution >= 0.6 is 10.3 Å². The van der Waals surface area contributed by atoms with Crippen LogP contribution in [0.5, 0.6) is 0 Å². The average Bonchev–Trinajstić information content (AvgIpc) is 2.54. The van der Waals surface area contributed by atoms with E-state index in [1.165, 1.54) is 6.42 Å². The van der Waals surface area contributed by atoms with Gasteiger partial charge in [0.15, 0.2) is 5.78 Å². The first-order valence-electron chi connectivity index (χ1n) is 9.29. The number of ketones is 1. The lowest BCUT2D eigenvalue weighted by Gasteiger charge is -2.41. The molecule has 26 heavy (non-hydrogen) atoms. The molecule has 0 heterocycles. The number of aryl methyl sites for hydroxylation is 1. The number of Topliss-reactive ketones (excluding diaryl/α,β-unsaturated/α-hetero) is 1. The first-order valence-corrected chi connectivity index (χ1v) is 12.9. The number of hydrogen-bond donors (Lipinski definition) is 0. The lowest BCUT2D eigenvalue weighted by atomic mass is 9.87. The van der Waals surface area contributed by atoms with E-state index in [4.69, 9.17) is 0 Å². The molecule has 1 atom stereocenters. The van der Waals surface area contributed by atoms with E-state index < -0.39 is 20.4 Å². The maximum Gasteiger partial charge on any atom is 0.421 e. The van der Waals surface area contributed by atoms with E-state index in [1.54, 1.807) is 24.3 Å². The minimum absolute atomic E-state index is 0.0789. The summed E-state index contributed by atoms with van der Waals surface area (Å²) in [6.45, 7) is 7.89. The van der Waals surface area contributed by atoms with Crippen LogP contribution in [-0.2, 0) is 14.9 Å². The lowest BCUT2D eigenvalue weighted by molar-refractivity contribution is -0.121. The van der Waals surface area contributed by atoms with Gasteiger partial charge in [0.25, 0.3) is 0 Å². The second-order valence-electron chi connectivity index (χ2n) is 8.46. The molecule has 2 rings (SSSR count). The van der Waals surface area contributed by atoms with Gasteiger partial charge in [-0.2, -0.15) is 0 Å². The third-order valence-electron chi connectivity index (χ3n) is 5.38. The maximum absolute atomic E-state index is 12.9. The van der Waals surface area contributed by atoms with Crippen LogP contribution in [0.15, 0.2) is 29.2 Å². The quantitative estimate of drug-likeness (QED) is 0.493. The van der Waals surface area contributed by atoms with E-state index in [1.807, 2.05) is 34.0 Å². The van der Waals surface area contributed by atoms with Gasteiger partial charge in [0.2, 0.25) is 0 Å². The minimum atomic E-state index is -3.78. The molecule has 0 bridgehead atoms. The monoisotopic (exact) mass is 401 g/mol. The first kappa shape index (κ1) is 21.5. The summed E-state index contributed by atoms with van der Waals surface area (Å²) in [5, 5.41) is 0. The number of rotatable bonds is 6. The SMILES string of the molecule is Cc1ccc(S(=O)(=O)[OH+]S(C)(CC(=O)C2CCCCC2)C(C)(C)C)cc1. The summed E-state index contributed by atoms with van der Waals surface area (Å²) in [5.74, 6) is 0.530. The molecule has 1 aliphatic rings. The Balaban J connectivity index is 2.25. The van der Waals surface area contributed by atoms with Crippen molar-refractivity contribution in [3.05, 3.63) is 29.8 Å². The molecule has 148 valence electrons. The van der Waals surface area contributed by atoms with Crippen LogP contribution in [0.1, 0.15) is 58.4 Å². The highest BCUT2D eigenvalue weighted by atomic mass is 32.3. The summed E-state index contributed by atoms with van der Waals surface area (Å²) in [4.78, 5) is 13.1. The zero-order valence-corrected chi connectivity index (χ0v) is 18.3. The molecule has 0 aliphatic heterocycles. The average molecular weight is 402 g/mol. The number of hydrogen-bond acceptors (Lipinski definition) is 3. The molecular weight excluding hydrogens is 368 g/mol. The molecule has 4 nitrogen and oxygen atoms in total. The molecule has 1 aromatic carbocycles. The molecule has 1 saturated carbocycles. The highest BCUT2D eigenvalue weighted by Gasteiger charge is 2.45. The Morgan fingerprint density at radius 1 is 1.08 bits per heavy atom.